The van der Waals surface area contributed by atoms with Gasteiger partial charge in [-0.3, -0.25) is 67.6 Å². The van der Waals surface area contributed by atoms with Crippen molar-refractivity contribution < 1.29 is 72.7 Å². The number of non-ortho nitro benzene ring substituents is 1. The van der Waals surface area contributed by atoms with Crippen LogP contribution in [0.25, 0.3) is 0 Å². The molecule has 0 bridgehead atoms. The number of para-hydroxylation sites is 1. The second-order valence-electron chi connectivity index (χ2n) is 21.6. The quantitative estimate of drug-likeness (QED) is 0.0187. The Morgan fingerprint density at radius 3 is 1.74 bits per heavy atom. The molecule has 16 N–H and O–H groups in total. The number of nitrogens with two attached hydrogens (primary N) is 3. The zero-order chi connectivity index (χ0) is 63.9. The first kappa shape index (κ1) is 69.0. The summed E-state index contributed by atoms with van der Waals surface area (Å²) in [5, 5.41) is 51.3. The Kier molecular flexibility index (Phi) is 26.5. The van der Waals surface area contributed by atoms with Crippen molar-refractivity contribution in [3.05, 3.63) is 106 Å². The molecule has 29 nitrogen and oxygen atoms in total. The molecule has 11 amide bonds. The van der Waals surface area contributed by atoms with E-state index in [2.05, 4.69) is 42.5 Å². The topological polar surface area (TPSA) is 466 Å². The molecule has 4 rings (SSSR count). The Morgan fingerprint density at radius 1 is 0.628 bits per heavy atom. The maximum absolute atomic E-state index is 14.4. The van der Waals surface area contributed by atoms with E-state index in [4.69, 9.17) is 17.2 Å². The Bertz CT molecular complexity index is 2940. The van der Waals surface area contributed by atoms with E-state index in [9.17, 15) is 77.9 Å². The van der Waals surface area contributed by atoms with Gasteiger partial charge in [0.1, 0.15) is 48.3 Å². The summed E-state index contributed by atoms with van der Waals surface area (Å²) in [6.45, 7) is 7.22. The van der Waals surface area contributed by atoms with Crippen LogP contribution in [0.4, 0.5) is 11.4 Å². The fourth-order valence-electron chi connectivity index (χ4n) is 9.24. The smallest absolute Gasteiger partial charge is 0.303 e. The van der Waals surface area contributed by atoms with E-state index in [1.165, 1.54) is 47.4 Å². The summed E-state index contributed by atoms with van der Waals surface area (Å²) in [6.07, 6.45) is -3.34. The van der Waals surface area contributed by atoms with E-state index in [1.54, 1.807) is 64.1 Å². The predicted octanol–water partition coefficient (Wildman–Crippen LogP) is -1.52. The predicted molar refractivity (Wildman–Crippen MR) is 309 cm³/mol. The highest BCUT2D eigenvalue weighted by Crippen LogP contribution is 2.20. The number of nitrogens with one attached hydrogen (secondary N) is 8. The number of hydrogen-bond donors (Lipinski definition) is 13. The molecule has 3 aromatic carbocycles. The monoisotopic (exact) mass is 1200 g/mol. The molecule has 0 radical (unpaired) electrons. The van der Waals surface area contributed by atoms with Gasteiger partial charge in [0.25, 0.3) is 11.6 Å². The number of anilines is 1. The molecule has 0 spiro atoms. The molecule has 0 unspecified atom stereocenters. The van der Waals surface area contributed by atoms with Crippen molar-refractivity contribution in [2.75, 3.05) is 18.8 Å². The molecule has 9 atom stereocenters. The number of aliphatic hydroxyl groups excluding tert-OH is 1. The standard InChI is InChI=1S/C57H77N13O16/c1-30(2)26-41(66-57(84)48(32(5)71)68-52(79)39(22-24-46(74)75)62-50(77)36-14-9-10-15-37(36)58)53(80)65-42(28-33-12-7-6-8-13-33)54(81)63-38(21-23-44(59)72)51(78)61-29-45(73)69-25-11-16-43(69)55(82)67-47(31(3)4)56(83)64-40(49(60)76)27-34-17-19-35(20-18-34)70(85)86/h6-10,12-15,17-20,30-32,38-43,47-48,71H,11,16,21-29,58H2,1-5H3,(H2,59,72)(H2,60,76)(H,61,78)(H,62,77)(H,63,81)(H,64,83)(H,65,80)(H,66,84)(H,67,82)(H,68,79)(H,74,75)/t32-,38+,39+,40+,41+,42+,43+,47+,48+/m1/s1. The van der Waals surface area contributed by atoms with Crippen molar-refractivity contribution >= 4 is 82.3 Å². The minimum absolute atomic E-state index is 0.0220. The van der Waals surface area contributed by atoms with Gasteiger partial charge in [-0.05, 0) is 74.1 Å². The van der Waals surface area contributed by atoms with E-state index in [0.717, 1.165) is 6.92 Å². The second-order valence-corrected chi connectivity index (χ2v) is 21.6. The Morgan fingerprint density at radius 2 is 1.16 bits per heavy atom. The van der Waals surface area contributed by atoms with Crippen LogP contribution < -0.4 is 59.7 Å². The molecular weight excluding hydrogens is 1120 g/mol. The van der Waals surface area contributed by atoms with E-state index in [1.807, 2.05) is 0 Å². The number of rotatable bonds is 33. The molecule has 1 heterocycles. The van der Waals surface area contributed by atoms with Crippen LogP contribution in [0, 0.1) is 22.0 Å². The highest BCUT2D eigenvalue weighted by Gasteiger charge is 2.39. The van der Waals surface area contributed by atoms with Crippen molar-refractivity contribution in [2.45, 2.75) is 147 Å². The van der Waals surface area contributed by atoms with Gasteiger partial charge in [0.2, 0.25) is 59.1 Å². The molecule has 1 fully saturated rings. The number of primary amides is 2. The van der Waals surface area contributed by atoms with Crippen LogP contribution in [0.1, 0.15) is 101 Å². The number of nitro groups is 1. The van der Waals surface area contributed by atoms with E-state index in [0.29, 0.717) is 17.5 Å². The third kappa shape index (κ3) is 21.6. The van der Waals surface area contributed by atoms with Gasteiger partial charge in [0.05, 0.1) is 23.1 Å². The normalized spacial score (nSPS) is 15.6. The van der Waals surface area contributed by atoms with Crippen LogP contribution in [0.5, 0.6) is 0 Å². The van der Waals surface area contributed by atoms with Crippen molar-refractivity contribution in [2.24, 2.45) is 23.3 Å². The number of hydrogen-bond acceptors (Lipinski definition) is 16. The third-order valence-corrected chi connectivity index (χ3v) is 13.9. The molecule has 29 heteroatoms. The summed E-state index contributed by atoms with van der Waals surface area (Å²) >= 11 is 0. The van der Waals surface area contributed by atoms with Crippen molar-refractivity contribution in [3.8, 4) is 0 Å². The van der Waals surface area contributed by atoms with Gasteiger partial charge in [0, 0.05) is 50.0 Å². The molecule has 0 saturated carbocycles. The molecule has 3 aromatic rings. The van der Waals surface area contributed by atoms with Gasteiger partial charge in [-0.25, -0.2) is 0 Å². The lowest BCUT2D eigenvalue weighted by atomic mass is 10.00. The Hall–Kier alpha value is -9.54. The van der Waals surface area contributed by atoms with Crippen molar-refractivity contribution in [3.63, 3.8) is 0 Å². The van der Waals surface area contributed by atoms with Crippen LogP contribution in [0.15, 0.2) is 78.9 Å². The van der Waals surface area contributed by atoms with Crippen molar-refractivity contribution in [1.82, 2.24) is 47.4 Å². The number of aliphatic hydroxyl groups is 1. The van der Waals surface area contributed by atoms with E-state index in [-0.39, 0.29) is 61.5 Å². The van der Waals surface area contributed by atoms with Crippen molar-refractivity contribution in [1.29, 1.82) is 0 Å². The summed E-state index contributed by atoms with van der Waals surface area (Å²) < 4.78 is 0. The number of carbonyl (C=O) groups is 12. The first-order valence-corrected chi connectivity index (χ1v) is 27.9. The van der Waals surface area contributed by atoms with E-state index < -0.39 is 162 Å². The highest BCUT2D eigenvalue weighted by atomic mass is 16.6. The number of benzene rings is 3. The van der Waals surface area contributed by atoms with E-state index >= 15 is 0 Å². The summed E-state index contributed by atoms with van der Waals surface area (Å²) in [7, 11) is 0. The molecule has 0 aliphatic carbocycles. The first-order chi connectivity index (χ1) is 40.6. The molecular formula is C57H77N13O16. The average Bonchev–Trinajstić information content (AvgIpc) is 3.05. The summed E-state index contributed by atoms with van der Waals surface area (Å²) in [4.78, 5) is 172. The largest absolute Gasteiger partial charge is 0.481 e. The zero-order valence-corrected chi connectivity index (χ0v) is 48.4. The second kappa shape index (κ2) is 33.1. The number of nitrogen functional groups attached to an aromatic ring is 1. The number of aliphatic carboxylic acids is 1. The van der Waals surface area contributed by atoms with Crippen LogP contribution in [-0.2, 0) is 65.6 Å². The van der Waals surface area contributed by atoms with Gasteiger partial charge in [0.15, 0.2) is 0 Å². The highest BCUT2D eigenvalue weighted by molar-refractivity contribution is 6.02. The first-order valence-electron chi connectivity index (χ1n) is 27.9. The van der Waals surface area contributed by atoms with Gasteiger partial charge >= 0.3 is 5.97 Å². The summed E-state index contributed by atoms with van der Waals surface area (Å²) in [5.41, 5.74) is 17.8. The lowest BCUT2D eigenvalue weighted by Crippen LogP contribution is -2.61. The fourth-order valence-corrected chi connectivity index (χ4v) is 9.24. The fraction of sp³-hybridized carbons (Fsp3) is 0.474. The summed E-state index contributed by atoms with van der Waals surface area (Å²) in [6, 6.07) is 8.04. The number of amides is 11. The lowest BCUT2D eigenvalue weighted by Gasteiger charge is -2.29. The van der Waals surface area contributed by atoms with Crippen LogP contribution in [0.2, 0.25) is 0 Å². The number of nitro benzene ring substituents is 1. The Balaban J connectivity index is 1.48. The maximum Gasteiger partial charge on any atom is 0.303 e. The molecule has 0 aromatic heterocycles. The van der Waals surface area contributed by atoms with Gasteiger partial charge in [-0.15, -0.1) is 0 Å². The minimum Gasteiger partial charge on any atom is -0.481 e. The Labute approximate surface area is 495 Å². The molecule has 1 aliphatic heterocycles. The maximum atomic E-state index is 14.4. The van der Waals surface area contributed by atoms with Crippen LogP contribution in [-0.4, -0.2) is 159 Å². The average molecular weight is 1200 g/mol. The third-order valence-electron chi connectivity index (χ3n) is 13.9. The number of nitrogens with zero attached hydrogens (tertiary/aromatic N) is 2. The number of carbonyl (C=O) groups excluding carboxylic acids is 11. The summed E-state index contributed by atoms with van der Waals surface area (Å²) in [5.74, 6) is -12.0. The number of carboxylic acid groups (broad SMARTS) is 1. The number of carboxylic acids is 1. The SMILES string of the molecule is CC(C)C[C@H](NC(=O)[C@@H](NC(=O)[C@H](CCC(=O)O)NC(=O)c1ccccc1N)[C@@H](C)O)C(=O)N[C@@H](Cc1ccccc1)C(=O)N[C@@H](CCC(N)=O)C(=O)NCC(=O)N1CCC[C@H]1C(=O)N[C@H](C(=O)N[C@@H](Cc1ccc([N+](=O)[O-])cc1)C(N)=O)C(C)C. The molecule has 86 heavy (non-hydrogen) atoms. The lowest BCUT2D eigenvalue weighted by molar-refractivity contribution is -0.384. The van der Waals surface area contributed by atoms with Gasteiger partial charge in [-0.2, -0.15) is 0 Å². The molecule has 466 valence electrons. The number of likely N-dealkylation sites (tertiary alicyclic amines) is 1. The van der Waals surface area contributed by atoms with Gasteiger partial charge < -0.3 is 74.8 Å². The zero-order valence-electron chi connectivity index (χ0n) is 48.4. The molecule has 1 saturated heterocycles. The van der Waals surface area contributed by atoms with Gasteiger partial charge in [-0.1, -0.05) is 82.3 Å². The van der Waals surface area contributed by atoms with Crippen LogP contribution in [0.3, 0.4) is 0 Å². The molecule has 1 aliphatic rings. The van der Waals surface area contributed by atoms with Crippen LogP contribution >= 0.6 is 0 Å². The minimum atomic E-state index is -1.78.